The average Bonchev–Trinajstić information content (AvgIpc) is 3.04. The number of fused-ring (bicyclic) bond motifs is 1. The van der Waals surface area contributed by atoms with Crippen molar-refractivity contribution in [3.63, 3.8) is 0 Å². The van der Waals surface area contributed by atoms with Crippen molar-refractivity contribution in [1.29, 1.82) is 0 Å². The standard InChI is InChI=1S/C15H20N2O2S/c1-10-5-6-13(20-10)11(2)16-9-7-14(18)17-8-3-4-12(17)15(16)19/h5-6,11-12H,3-4,7-9H2,1-2H3. The number of thiophene rings is 1. The first-order chi connectivity index (χ1) is 9.58. The van der Waals surface area contributed by atoms with Crippen LogP contribution in [0.1, 0.15) is 42.0 Å². The van der Waals surface area contributed by atoms with Crippen LogP contribution in [0.3, 0.4) is 0 Å². The molecule has 2 atom stereocenters. The van der Waals surface area contributed by atoms with Crippen molar-refractivity contribution in [3.8, 4) is 0 Å². The minimum atomic E-state index is -0.214. The van der Waals surface area contributed by atoms with Gasteiger partial charge in [0.15, 0.2) is 0 Å². The summed E-state index contributed by atoms with van der Waals surface area (Å²) >= 11 is 1.73. The summed E-state index contributed by atoms with van der Waals surface area (Å²) in [5.41, 5.74) is 0. The third-order valence-electron chi connectivity index (χ3n) is 4.35. The van der Waals surface area contributed by atoms with Crippen LogP contribution < -0.4 is 0 Å². The Hall–Kier alpha value is -1.36. The lowest BCUT2D eigenvalue weighted by Gasteiger charge is -2.29. The molecule has 2 fully saturated rings. The van der Waals surface area contributed by atoms with Gasteiger partial charge in [-0.2, -0.15) is 0 Å². The predicted octanol–water partition coefficient (Wildman–Crippen LogP) is 2.34. The molecule has 1 aromatic heterocycles. The summed E-state index contributed by atoms with van der Waals surface area (Å²) in [5, 5.41) is 0. The highest BCUT2D eigenvalue weighted by Crippen LogP contribution is 2.31. The molecule has 5 heteroatoms. The Morgan fingerprint density at radius 1 is 1.30 bits per heavy atom. The number of nitrogens with zero attached hydrogens (tertiary/aromatic N) is 2. The zero-order valence-corrected chi connectivity index (χ0v) is 12.8. The van der Waals surface area contributed by atoms with E-state index in [4.69, 9.17) is 0 Å². The molecule has 1 aromatic rings. The summed E-state index contributed by atoms with van der Waals surface area (Å²) in [6.07, 6.45) is 2.22. The molecule has 0 aliphatic carbocycles. The van der Waals surface area contributed by atoms with Crippen LogP contribution in [0.2, 0.25) is 0 Å². The molecule has 0 aromatic carbocycles. The molecule has 2 amide bonds. The molecular weight excluding hydrogens is 272 g/mol. The Morgan fingerprint density at radius 2 is 2.10 bits per heavy atom. The summed E-state index contributed by atoms with van der Waals surface area (Å²) in [4.78, 5) is 31.0. The zero-order chi connectivity index (χ0) is 14.3. The van der Waals surface area contributed by atoms with Crippen LogP contribution in [0, 0.1) is 6.92 Å². The maximum absolute atomic E-state index is 12.7. The molecule has 20 heavy (non-hydrogen) atoms. The maximum atomic E-state index is 12.7. The summed E-state index contributed by atoms with van der Waals surface area (Å²) in [7, 11) is 0. The number of hydrogen-bond donors (Lipinski definition) is 0. The third kappa shape index (κ3) is 2.24. The average molecular weight is 292 g/mol. The minimum absolute atomic E-state index is 0.0644. The van der Waals surface area contributed by atoms with Gasteiger partial charge in [-0.3, -0.25) is 9.59 Å². The lowest BCUT2D eigenvalue weighted by Crippen LogP contribution is -2.44. The van der Waals surface area contributed by atoms with Crippen LogP contribution in [-0.4, -0.2) is 40.7 Å². The van der Waals surface area contributed by atoms with Crippen molar-refractivity contribution in [1.82, 2.24) is 9.80 Å². The molecule has 3 heterocycles. The first-order valence-electron chi connectivity index (χ1n) is 7.24. The number of rotatable bonds is 2. The van der Waals surface area contributed by atoms with Gasteiger partial charge in [0, 0.05) is 29.3 Å². The van der Waals surface area contributed by atoms with E-state index in [-0.39, 0.29) is 23.9 Å². The summed E-state index contributed by atoms with van der Waals surface area (Å²) in [6.45, 7) is 5.43. The Labute approximate surface area is 123 Å². The van der Waals surface area contributed by atoms with Crippen molar-refractivity contribution >= 4 is 23.2 Å². The first kappa shape index (κ1) is 13.6. The number of aryl methyl sites for hydroxylation is 1. The number of hydrogen-bond acceptors (Lipinski definition) is 3. The van der Waals surface area contributed by atoms with Crippen molar-refractivity contribution in [2.75, 3.05) is 13.1 Å². The Balaban J connectivity index is 1.85. The van der Waals surface area contributed by atoms with Gasteiger partial charge in [0.05, 0.1) is 6.04 Å². The molecule has 2 saturated heterocycles. The van der Waals surface area contributed by atoms with Crippen molar-refractivity contribution in [3.05, 3.63) is 21.9 Å². The maximum Gasteiger partial charge on any atom is 0.245 e. The van der Waals surface area contributed by atoms with E-state index in [0.717, 1.165) is 19.4 Å². The Bertz CT molecular complexity index is 540. The normalized spacial score (nSPS) is 24.8. The fourth-order valence-corrected chi connectivity index (χ4v) is 4.14. The largest absolute Gasteiger partial charge is 0.333 e. The van der Waals surface area contributed by atoms with Gasteiger partial charge in [-0.15, -0.1) is 11.3 Å². The van der Waals surface area contributed by atoms with Gasteiger partial charge >= 0.3 is 0 Å². The van der Waals surface area contributed by atoms with Gasteiger partial charge in [0.2, 0.25) is 11.8 Å². The van der Waals surface area contributed by atoms with Crippen molar-refractivity contribution in [2.45, 2.75) is 45.2 Å². The summed E-state index contributed by atoms with van der Waals surface area (Å²) < 4.78 is 0. The fraction of sp³-hybridized carbons (Fsp3) is 0.600. The van der Waals surface area contributed by atoms with E-state index in [1.165, 1.54) is 9.75 Å². The molecule has 2 aliphatic heterocycles. The third-order valence-corrected chi connectivity index (χ3v) is 5.52. The number of carbonyl (C=O) groups excluding carboxylic acids is 2. The van der Waals surface area contributed by atoms with Gasteiger partial charge in [-0.25, -0.2) is 0 Å². The van der Waals surface area contributed by atoms with Crippen LogP contribution in [0.15, 0.2) is 12.1 Å². The Kier molecular flexibility index (Phi) is 3.54. The van der Waals surface area contributed by atoms with Gasteiger partial charge in [0.1, 0.15) is 6.04 Å². The lowest BCUT2D eigenvalue weighted by molar-refractivity contribution is -0.140. The molecule has 2 unspecified atom stereocenters. The quantitative estimate of drug-likeness (QED) is 0.839. The summed E-state index contributed by atoms with van der Waals surface area (Å²) in [5.74, 6) is 0.268. The minimum Gasteiger partial charge on any atom is -0.333 e. The second-order valence-electron chi connectivity index (χ2n) is 5.65. The Morgan fingerprint density at radius 3 is 2.80 bits per heavy atom. The predicted molar refractivity (Wildman–Crippen MR) is 78.5 cm³/mol. The van der Waals surface area contributed by atoms with Crippen molar-refractivity contribution < 1.29 is 9.59 Å². The van der Waals surface area contributed by atoms with E-state index in [9.17, 15) is 9.59 Å². The molecule has 0 saturated carbocycles. The van der Waals surface area contributed by atoms with E-state index >= 15 is 0 Å². The van der Waals surface area contributed by atoms with Crippen LogP contribution in [-0.2, 0) is 9.59 Å². The van der Waals surface area contributed by atoms with E-state index in [2.05, 4.69) is 26.0 Å². The van der Waals surface area contributed by atoms with Crippen LogP contribution in [0.4, 0.5) is 0 Å². The van der Waals surface area contributed by atoms with Gasteiger partial charge in [0.25, 0.3) is 0 Å². The topological polar surface area (TPSA) is 40.6 Å². The lowest BCUT2D eigenvalue weighted by atomic mass is 10.1. The number of carbonyl (C=O) groups is 2. The number of amides is 2. The highest BCUT2D eigenvalue weighted by Gasteiger charge is 2.40. The smallest absolute Gasteiger partial charge is 0.245 e. The highest BCUT2D eigenvalue weighted by molar-refractivity contribution is 7.12. The van der Waals surface area contributed by atoms with Crippen LogP contribution >= 0.6 is 11.3 Å². The molecule has 0 radical (unpaired) electrons. The second-order valence-corrected chi connectivity index (χ2v) is 6.97. The summed E-state index contributed by atoms with van der Waals surface area (Å²) in [6, 6.07) is 4.03. The second kappa shape index (κ2) is 5.20. The van der Waals surface area contributed by atoms with Gasteiger partial charge < -0.3 is 9.80 Å². The van der Waals surface area contributed by atoms with Gasteiger partial charge in [-0.05, 0) is 38.8 Å². The molecule has 3 rings (SSSR count). The van der Waals surface area contributed by atoms with Crippen LogP contribution in [0.5, 0.6) is 0 Å². The molecule has 0 bridgehead atoms. The van der Waals surface area contributed by atoms with Crippen molar-refractivity contribution in [2.24, 2.45) is 0 Å². The molecule has 4 nitrogen and oxygen atoms in total. The van der Waals surface area contributed by atoms with E-state index in [0.29, 0.717) is 13.0 Å². The van der Waals surface area contributed by atoms with E-state index < -0.39 is 0 Å². The fourth-order valence-electron chi connectivity index (χ4n) is 3.20. The zero-order valence-electron chi connectivity index (χ0n) is 12.0. The van der Waals surface area contributed by atoms with Crippen LogP contribution in [0.25, 0.3) is 0 Å². The van der Waals surface area contributed by atoms with E-state index in [1.54, 1.807) is 16.2 Å². The van der Waals surface area contributed by atoms with E-state index in [1.807, 2.05) is 4.90 Å². The molecular formula is C15H20N2O2S. The SMILES string of the molecule is Cc1ccc(C(C)N2CCC(=O)N3CCCC3C2=O)s1. The molecule has 0 spiro atoms. The molecule has 0 N–H and O–H groups in total. The monoisotopic (exact) mass is 292 g/mol. The molecule has 108 valence electrons. The first-order valence-corrected chi connectivity index (χ1v) is 8.06. The highest BCUT2D eigenvalue weighted by atomic mass is 32.1. The van der Waals surface area contributed by atoms with Gasteiger partial charge in [-0.1, -0.05) is 0 Å². The molecule has 2 aliphatic rings.